The zero-order valence-corrected chi connectivity index (χ0v) is 17.8. The SMILES string of the molecule is Cc1ccc(Cl)cc1NC(=O)CSc1nnc(-c2cccc(N(C)C)c2)n1C. The molecule has 0 saturated heterocycles. The predicted octanol–water partition coefficient (Wildman–Crippen LogP) is 4.24. The van der Waals surface area contributed by atoms with Crippen molar-refractivity contribution < 1.29 is 4.79 Å². The summed E-state index contributed by atoms with van der Waals surface area (Å²) in [6.45, 7) is 1.93. The number of aromatic nitrogens is 3. The lowest BCUT2D eigenvalue weighted by atomic mass is 10.2. The number of nitrogens with zero attached hydrogens (tertiary/aromatic N) is 4. The van der Waals surface area contributed by atoms with E-state index in [1.54, 1.807) is 12.1 Å². The minimum Gasteiger partial charge on any atom is -0.378 e. The van der Waals surface area contributed by atoms with Crippen molar-refractivity contribution in [2.75, 3.05) is 30.1 Å². The summed E-state index contributed by atoms with van der Waals surface area (Å²) in [5, 5.41) is 12.7. The van der Waals surface area contributed by atoms with Crippen LogP contribution in [0.4, 0.5) is 11.4 Å². The van der Waals surface area contributed by atoms with Gasteiger partial charge in [0.15, 0.2) is 11.0 Å². The van der Waals surface area contributed by atoms with E-state index in [1.807, 2.05) is 61.8 Å². The zero-order chi connectivity index (χ0) is 20.3. The Labute approximate surface area is 173 Å². The van der Waals surface area contributed by atoms with E-state index < -0.39 is 0 Å². The molecule has 1 N–H and O–H groups in total. The van der Waals surface area contributed by atoms with Crippen molar-refractivity contribution in [3.05, 3.63) is 53.1 Å². The normalized spacial score (nSPS) is 10.8. The lowest BCUT2D eigenvalue weighted by molar-refractivity contribution is -0.113. The van der Waals surface area contributed by atoms with Crippen LogP contribution in [0.2, 0.25) is 5.02 Å². The van der Waals surface area contributed by atoms with E-state index in [2.05, 4.69) is 21.6 Å². The third-order valence-electron chi connectivity index (χ3n) is 4.26. The van der Waals surface area contributed by atoms with Crippen LogP contribution in [0.15, 0.2) is 47.6 Å². The molecular weight excluding hydrogens is 394 g/mol. The van der Waals surface area contributed by atoms with Crippen LogP contribution >= 0.6 is 23.4 Å². The van der Waals surface area contributed by atoms with Crippen molar-refractivity contribution in [2.45, 2.75) is 12.1 Å². The van der Waals surface area contributed by atoms with E-state index in [4.69, 9.17) is 11.6 Å². The molecule has 0 atom stereocenters. The van der Waals surface area contributed by atoms with Gasteiger partial charge >= 0.3 is 0 Å². The van der Waals surface area contributed by atoms with Gasteiger partial charge in [0, 0.05) is 43.1 Å². The summed E-state index contributed by atoms with van der Waals surface area (Å²) in [5.41, 5.74) is 3.75. The molecule has 0 aliphatic carbocycles. The first kappa shape index (κ1) is 20.2. The molecule has 0 radical (unpaired) electrons. The molecule has 0 bridgehead atoms. The van der Waals surface area contributed by atoms with Crippen LogP contribution in [0.25, 0.3) is 11.4 Å². The number of amides is 1. The number of halogens is 1. The second-order valence-corrected chi connectivity index (χ2v) is 7.98. The molecule has 1 aromatic heterocycles. The molecule has 6 nitrogen and oxygen atoms in total. The Morgan fingerprint density at radius 3 is 2.75 bits per heavy atom. The van der Waals surface area contributed by atoms with Gasteiger partial charge < -0.3 is 14.8 Å². The van der Waals surface area contributed by atoms with Crippen LogP contribution in [0.1, 0.15) is 5.56 Å². The summed E-state index contributed by atoms with van der Waals surface area (Å²) < 4.78 is 1.90. The van der Waals surface area contributed by atoms with Gasteiger partial charge in [-0.25, -0.2) is 0 Å². The minimum atomic E-state index is -0.116. The van der Waals surface area contributed by atoms with Crippen LogP contribution in [0, 0.1) is 6.92 Å². The number of carbonyl (C=O) groups is 1. The van der Waals surface area contributed by atoms with E-state index in [0.717, 1.165) is 28.3 Å². The van der Waals surface area contributed by atoms with Crippen molar-refractivity contribution in [3.8, 4) is 11.4 Å². The van der Waals surface area contributed by atoms with Gasteiger partial charge in [0.2, 0.25) is 5.91 Å². The smallest absolute Gasteiger partial charge is 0.234 e. The van der Waals surface area contributed by atoms with Gasteiger partial charge in [0.1, 0.15) is 0 Å². The summed E-state index contributed by atoms with van der Waals surface area (Å²) >= 11 is 7.35. The van der Waals surface area contributed by atoms with Gasteiger partial charge in [-0.1, -0.05) is 41.6 Å². The Balaban J connectivity index is 1.68. The van der Waals surface area contributed by atoms with E-state index >= 15 is 0 Å². The number of aryl methyl sites for hydroxylation is 1. The lowest BCUT2D eigenvalue weighted by Crippen LogP contribution is -2.15. The highest BCUT2D eigenvalue weighted by Crippen LogP contribution is 2.26. The highest BCUT2D eigenvalue weighted by Gasteiger charge is 2.14. The Morgan fingerprint density at radius 1 is 1.21 bits per heavy atom. The van der Waals surface area contributed by atoms with Gasteiger partial charge in [0.05, 0.1) is 5.75 Å². The van der Waals surface area contributed by atoms with Crippen molar-refractivity contribution in [1.29, 1.82) is 0 Å². The molecule has 1 amide bonds. The van der Waals surface area contributed by atoms with Crippen LogP contribution in [0.5, 0.6) is 0 Å². The number of hydrogen-bond donors (Lipinski definition) is 1. The molecule has 1 heterocycles. The lowest BCUT2D eigenvalue weighted by Gasteiger charge is -2.13. The fourth-order valence-corrected chi connectivity index (χ4v) is 3.54. The summed E-state index contributed by atoms with van der Waals surface area (Å²) in [6.07, 6.45) is 0. The first-order valence-corrected chi connectivity index (χ1v) is 10.1. The Hall–Kier alpha value is -2.51. The maximum atomic E-state index is 12.3. The number of rotatable bonds is 6. The highest BCUT2D eigenvalue weighted by atomic mass is 35.5. The molecule has 0 spiro atoms. The third kappa shape index (κ3) is 4.66. The third-order valence-corrected chi connectivity index (χ3v) is 5.52. The van der Waals surface area contributed by atoms with E-state index in [-0.39, 0.29) is 11.7 Å². The monoisotopic (exact) mass is 415 g/mol. The number of benzene rings is 2. The molecule has 3 aromatic rings. The fraction of sp³-hybridized carbons (Fsp3) is 0.250. The minimum absolute atomic E-state index is 0.116. The second kappa shape index (κ2) is 8.67. The maximum Gasteiger partial charge on any atom is 0.234 e. The van der Waals surface area contributed by atoms with Gasteiger partial charge in [0.25, 0.3) is 0 Å². The number of carbonyl (C=O) groups excluding carboxylic acids is 1. The summed E-state index contributed by atoms with van der Waals surface area (Å²) in [5.74, 6) is 0.877. The van der Waals surface area contributed by atoms with Crippen molar-refractivity contribution >= 4 is 40.6 Å². The number of thioether (sulfide) groups is 1. The van der Waals surface area contributed by atoms with Crippen molar-refractivity contribution in [1.82, 2.24) is 14.8 Å². The van der Waals surface area contributed by atoms with Crippen LogP contribution < -0.4 is 10.2 Å². The maximum absolute atomic E-state index is 12.3. The summed E-state index contributed by atoms with van der Waals surface area (Å²) in [7, 11) is 5.90. The largest absolute Gasteiger partial charge is 0.378 e. The Bertz CT molecular complexity index is 1000. The number of hydrogen-bond acceptors (Lipinski definition) is 5. The van der Waals surface area contributed by atoms with Gasteiger partial charge in [-0.15, -0.1) is 10.2 Å². The molecule has 28 heavy (non-hydrogen) atoms. The fourth-order valence-electron chi connectivity index (χ4n) is 2.66. The molecule has 2 aromatic carbocycles. The molecule has 0 saturated carbocycles. The molecule has 8 heteroatoms. The van der Waals surface area contributed by atoms with E-state index in [0.29, 0.717) is 10.2 Å². The standard InChI is InChI=1S/C20H22ClN5OS/c1-13-8-9-15(21)11-17(13)22-18(27)12-28-20-24-23-19(26(20)4)14-6-5-7-16(10-14)25(2)3/h5-11H,12H2,1-4H3,(H,22,27). The van der Waals surface area contributed by atoms with Crippen molar-refractivity contribution in [3.63, 3.8) is 0 Å². The first-order valence-electron chi connectivity index (χ1n) is 8.71. The molecular formula is C20H22ClN5OS. The molecule has 146 valence electrons. The average molecular weight is 416 g/mol. The van der Waals surface area contributed by atoms with Crippen molar-refractivity contribution in [2.24, 2.45) is 7.05 Å². The number of anilines is 2. The second-order valence-electron chi connectivity index (χ2n) is 6.61. The number of nitrogens with one attached hydrogen (secondary N) is 1. The summed E-state index contributed by atoms with van der Waals surface area (Å²) in [6, 6.07) is 13.5. The van der Waals surface area contributed by atoms with Crippen LogP contribution in [-0.2, 0) is 11.8 Å². The average Bonchev–Trinajstić information content (AvgIpc) is 3.03. The van der Waals surface area contributed by atoms with Crippen LogP contribution in [-0.4, -0.2) is 40.5 Å². The van der Waals surface area contributed by atoms with E-state index in [9.17, 15) is 4.79 Å². The quantitative estimate of drug-likeness (QED) is 0.610. The van der Waals surface area contributed by atoms with Gasteiger partial charge in [-0.2, -0.15) is 0 Å². The predicted molar refractivity (Wildman–Crippen MR) is 116 cm³/mol. The molecule has 0 fully saturated rings. The molecule has 3 rings (SSSR count). The Morgan fingerprint density at radius 2 is 2.00 bits per heavy atom. The topological polar surface area (TPSA) is 63.1 Å². The molecule has 0 aliphatic heterocycles. The highest BCUT2D eigenvalue weighted by molar-refractivity contribution is 7.99. The van der Waals surface area contributed by atoms with Crippen LogP contribution in [0.3, 0.4) is 0 Å². The van der Waals surface area contributed by atoms with Gasteiger partial charge in [-0.05, 0) is 36.8 Å². The molecule has 0 unspecified atom stereocenters. The first-order chi connectivity index (χ1) is 13.3. The zero-order valence-electron chi connectivity index (χ0n) is 16.2. The van der Waals surface area contributed by atoms with Gasteiger partial charge in [-0.3, -0.25) is 4.79 Å². The van der Waals surface area contributed by atoms with E-state index in [1.165, 1.54) is 11.8 Å². The Kier molecular flexibility index (Phi) is 6.26. The summed E-state index contributed by atoms with van der Waals surface area (Å²) in [4.78, 5) is 14.4. The molecule has 0 aliphatic rings.